The SMILES string of the molecule is CC1CC(C)N(C(=O)N2CCCC2C(=O)O)C1. The summed E-state index contributed by atoms with van der Waals surface area (Å²) < 4.78 is 0. The fraction of sp³-hybridized carbons (Fsp3) is 0.833. The molecule has 1 N–H and O–H groups in total. The third-order valence-electron chi connectivity index (χ3n) is 3.81. The molecule has 0 aromatic heterocycles. The Morgan fingerprint density at radius 1 is 1.24 bits per heavy atom. The third-order valence-corrected chi connectivity index (χ3v) is 3.81. The average molecular weight is 240 g/mol. The first-order valence-electron chi connectivity index (χ1n) is 6.30. The molecule has 2 amide bonds. The van der Waals surface area contributed by atoms with Crippen LogP contribution in [-0.4, -0.2) is 52.1 Å². The standard InChI is InChI=1S/C12H20N2O3/c1-8-6-9(2)14(7-8)12(17)13-5-3-4-10(13)11(15)16/h8-10H,3-7H2,1-2H3,(H,15,16). The summed E-state index contributed by atoms with van der Waals surface area (Å²) in [6, 6.07) is -0.482. The van der Waals surface area contributed by atoms with E-state index < -0.39 is 12.0 Å². The summed E-state index contributed by atoms with van der Waals surface area (Å²) in [4.78, 5) is 26.7. The highest BCUT2D eigenvalue weighted by Crippen LogP contribution is 2.26. The fourth-order valence-corrected chi connectivity index (χ4v) is 2.98. The Hall–Kier alpha value is -1.26. The number of hydrogen-bond acceptors (Lipinski definition) is 2. The summed E-state index contributed by atoms with van der Waals surface area (Å²) in [6.45, 7) is 5.49. The van der Waals surface area contributed by atoms with Gasteiger partial charge < -0.3 is 14.9 Å². The molecule has 2 heterocycles. The zero-order chi connectivity index (χ0) is 12.6. The van der Waals surface area contributed by atoms with E-state index >= 15 is 0 Å². The van der Waals surface area contributed by atoms with E-state index in [0.29, 0.717) is 18.9 Å². The van der Waals surface area contributed by atoms with Crippen molar-refractivity contribution in [1.82, 2.24) is 9.80 Å². The fourth-order valence-electron chi connectivity index (χ4n) is 2.98. The lowest BCUT2D eigenvalue weighted by Crippen LogP contribution is -2.49. The monoisotopic (exact) mass is 240 g/mol. The Labute approximate surface area is 101 Å². The van der Waals surface area contributed by atoms with Gasteiger partial charge in [-0.1, -0.05) is 6.92 Å². The van der Waals surface area contributed by atoms with Gasteiger partial charge in [-0.25, -0.2) is 9.59 Å². The number of carboxylic acids is 1. The number of aliphatic carboxylic acids is 1. The molecule has 0 saturated carbocycles. The lowest BCUT2D eigenvalue weighted by atomic mass is 10.1. The number of hydrogen-bond donors (Lipinski definition) is 1. The first-order chi connectivity index (χ1) is 8.00. The average Bonchev–Trinajstić information content (AvgIpc) is 2.83. The van der Waals surface area contributed by atoms with Crippen LogP contribution >= 0.6 is 0 Å². The minimum atomic E-state index is -0.879. The Bertz CT molecular complexity index is 332. The van der Waals surface area contributed by atoms with Crippen LogP contribution in [0.1, 0.15) is 33.1 Å². The zero-order valence-corrected chi connectivity index (χ0v) is 10.4. The van der Waals surface area contributed by atoms with Gasteiger partial charge in [0.2, 0.25) is 0 Å². The topological polar surface area (TPSA) is 60.9 Å². The summed E-state index contributed by atoms with van der Waals surface area (Å²) in [5.41, 5.74) is 0. The van der Waals surface area contributed by atoms with Crippen LogP contribution in [0.3, 0.4) is 0 Å². The van der Waals surface area contributed by atoms with Crippen molar-refractivity contribution in [2.45, 2.75) is 45.2 Å². The number of likely N-dealkylation sites (tertiary alicyclic amines) is 2. The van der Waals surface area contributed by atoms with Crippen molar-refractivity contribution >= 4 is 12.0 Å². The van der Waals surface area contributed by atoms with Crippen LogP contribution in [0.2, 0.25) is 0 Å². The summed E-state index contributed by atoms with van der Waals surface area (Å²) in [7, 11) is 0. The van der Waals surface area contributed by atoms with E-state index in [4.69, 9.17) is 5.11 Å². The van der Waals surface area contributed by atoms with E-state index in [0.717, 1.165) is 19.4 Å². The Morgan fingerprint density at radius 3 is 2.47 bits per heavy atom. The van der Waals surface area contributed by atoms with Gasteiger partial charge in [0, 0.05) is 19.1 Å². The van der Waals surface area contributed by atoms with Crippen molar-refractivity contribution in [1.29, 1.82) is 0 Å². The summed E-state index contributed by atoms with van der Waals surface area (Å²) >= 11 is 0. The molecule has 2 saturated heterocycles. The van der Waals surface area contributed by atoms with Gasteiger partial charge in [-0.15, -0.1) is 0 Å². The maximum Gasteiger partial charge on any atom is 0.326 e. The number of carbonyl (C=O) groups is 2. The molecule has 2 fully saturated rings. The molecule has 2 aliphatic rings. The number of urea groups is 1. The Morgan fingerprint density at radius 2 is 1.94 bits per heavy atom. The second-order valence-electron chi connectivity index (χ2n) is 5.31. The van der Waals surface area contributed by atoms with E-state index in [9.17, 15) is 9.59 Å². The molecular formula is C12H20N2O3. The van der Waals surface area contributed by atoms with Crippen LogP contribution in [0.25, 0.3) is 0 Å². The van der Waals surface area contributed by atoms with E-state index in [2.05, 4.69) is 6.92 Å². The van der Waals surface area contributed by atoms with E-state index in [-0.39, 0.29) is 12.1 Å². The van der Waals surface area contributed by atoms with Gasteiger partial charge in [-0.3, -0.25) is 0 Å². The van der Waals surface area contributed by atoms with Gasteiger partial charge in [0.1, 0.15) is 6.04 Å². The second kappa shape index (κ2) is 4.55. The number of carboxylic acid groups (broad SMARTS) is 1. The first-order valence-corrected chi connectivity index (χ1v) is 6.30. The van der Waals surface area contributed by atoms with Gasteiger partial charge >= 0.3 is 12.0 Å². The van der Waals surface area contributed by atoms with Crippen LogP contribution in [-0.2, 0) is 4.79 Å². The van der Waals surface area contributed by atoms with Crippen molar-refractivity contribution < 1.29 is 14.7 Å². The Balaban J connectivity index is 2.07. The van der Waals surface area contributed by atoms with Gasteiger partial charge in [0.15, 0.2) is 0 Å². The molecule has 0 aliphatic carbocycles. The quantitative estimate of drug-likeness (QED) is 0.753. The number of carbonyl (C=O) groups excluding carboxylic acids is 1. The normalized spacial score (nSPS) is 33.2. The van der Waals surface area contributed by atoms with Crippen LogP contribution in [0.4, 0.5) is 4.79 Å². The largest absolute Gasteiger partial charge is 0.480 e. The molecule has 0 radical (unpaired) electrons. The van der Waals surface area contributed by atoms with Gasteiger partial charge in [0.25, 0.3) is 0 Å². The summed E-state index contributed by atoms with van der Waals surface area (Å²) in [5.74, 6) is -0.365. The van der Waals surface area contributed by atoms with Gasteiger partial charge in [0.05, 0.1) is 0 Å². The van der Waals surface area contributed by atoms with Crippen molar-refractivity contribution in [3.8, 4) is 0 Å². The van der Waals surface area contributed by atoms with Crippen LogP contribution in [0, 0.1) is 5.92 Å². The molecule has 3 unspecified atom stereocenters. The van der Waals surface area contributed by atoms with Crippen molar-refractivity contribution in [3.63, 3.8) is 0 Å². The first kappa shape index (κ1) is 12.2. The molecule has 0 spiro atoms. The molecule has 0 bridgehead atoms. The van der Waals surface area contributed by atoms with Crippen LogP contribution in [0.5, 0.6) is 0 Å². The van der Waals surface area contributed by atoms with Crippen molar-refractivity contribution in [2.24, 2.45) is 5.92 Å². The number of nitrogens with zero attached hydrogens (tertiary/aromatic N) is 2. The maximum atomic E-state index is 12.3. The highest BCUT2D eigenvalue weighted by atomic mass is 16.4. The second-order valence-corrected chi connectivity index (χ2v) is 5.31. The molecule has 2 rings (SSSR count). The highest BCUT2D eigenvalue weighted by Gasteiger charge is 2.39. The van der Waals surface area contributed by atoms with E-state index in [1.54, 1.807) is 0 Å². The minimum Gasteiger partial charge on any atom is -0.480 e. The molecule has 17 heavy (non-hydrogen) atoms. The molecule has 96 valence electrons. The molecular weight excluding hydrogens is 220 g/mol. The van der Waals surface area contributed by atoms with E-state index in [1.807, 2.05) is 11.8 Å². The van der Waals surface area contributed by atoms with Crippen LogP contribution in [0.15, 0.2) is 0 Å². The van der Waals surface area contributed by atoms with Crippen LogP contribution < -0.4 is 0 Å². The number of amides is 2. The summed E-state index contributed by atoms with van der Waals surface area (Å²) in [5, 5.41) is 9.08. The van der Waals surface area contributed by atoms with Crippen molar-refractivity contribution in [2.75, 3.05) is 13.1 Å². The molecule has 2 aliphatic heterocycles. The third kappa shape index (κ3) is 2.23. The Kier molecular flexibility index (Phi) is 3.26. The predicted molar refractivity (Wildman–Crippen MR) is 62.7 cm³/mol. The molecule has 5 nitrogen and oxygen atoms in total. The molecule has 0 aromatic rings. The smallest absolute Gasteiger partial charge is 0.326 e. The lowest BCUT2D eigenvalue weighted by molar-refractivity contribution is -0.141. The molecule has 0 aromatic carbocycles. The van der Waals surface area contributed by atoms with Crippen molar-refractivity contribution in [3.05, 3.63) is 0 Å². The predicted octanol–water partition coefficient (Wildman–Crippen LogP) is 1.39. The molecule has 5 heteroatoms. The van der Waals surface area contributed by atoms with E-state index in [1.165, 1.54) is 4.90 Å². The van der Waals surface area contributed by atoms with Gasteiger partial charge in [-0.05, 0) is 32.1 Å². The minimum absolute atomic E-state index is 0.0910. The van der Waals surface area contributed by atoms with Gasteiger partial charge in [-0.2, -0.15) is 0 Å². The maximum absolute atomic E-state index is 12.3. The zero-order valence-electron chi connectivity index (χ0n) is 10.4. The summed E-state index contributed by atoms with van der Waals surface area (Å²) in [6.07, 6.45) is 2.39. The lowest BCUT2D eigenvalue weighted by Gasteiger charge is -2.30. The number of rotatable bonds is 1. The highest BCUT2D eigenvalue weighted by molar-refractivity contribution is 5.83. The molecule has 3 atom stereocenters.